The van der Waals surface area contributed by atoms with Gasteiger partial charge in [-0.2, -0.15) is 0 Å². The second-order valence-electron chi connectivity index (χ2n) is 6.99. The van der Waals surface area contributed by atoms with Gasteiger partial charge < -0.3 is 15.7 Å². The van der Waals surface area contributed by atoms with Crippen LogP contribution in [0.5, 0.6) is 0 Å². The highest BCUT2D eigenvalue weighted by Crippen LogP contribution is 2.33. The van der Waals surface area contributed by atoms with Crippen LogP contribution in [0.25, 0.3) is 0 Å². The number of nitrogens with two attached hydrogens (primary N) is 1. The van der Waals surface area contributed by atoms with E-state index in [4.69, 9.17) is 15.8 Å². The Morgan fingerprint density at radius 3 is 2.43 bits per heavy atom. The topological polar surface area (TPSA) is 75.3 Å². The molecule has 0 spiro atoms. The third-order valence-electron chi connectivity index (χ3n) is 4.17. The fourth-order valence-electron chi connectivity index (χ4n) is 2.54. The van der Waals surface area contributed by atoms with Gasteiger partial charge in [-0.15, -0.1) is 0 Å². The molecule has 1 aliphatic carbocycles. The predicted octanol–water partition coefficient (Wildman–Crippen LogP) is 2.41. The summed E-state index contributed by atoms with van der Waals surface area (Å²) >= 11 is 0. The molecule has 0 unspecified atom stereocenters. The summed E-state index contributed by atoms with van der Waals surface area (Å²) in [5, 5.41) is 9.16. The summed E-state index contributed by atoms with van der Waals surface area (Å²) in [7, 11) is 0. The van der Waals surface area contributed by atoms with Crippen molar-refractivity contribution in [1.29, 1.82) is 0 Å². The molecule has 1 saturated carbocycles. The van der Waals surface area contributed by atoms with Crippen molar-refractivity contribution in [3.05, 3.63) is 11.4 Å². The second-order valence-corrected chi connectivity index (χ2v) is 6.99. The first kappa shape index (κ1) is 16.0. The molecular formula is C16H28N4O. The Bertz CT molecular complexity index is 492. The summed E-state index contributed by atoms with van der Waals surface area (Å²) in [5.74, 6) is 2.30. The van der Waals surface area contributed by atoms with Crippen molar-refractivity contribution in [3.63, 3.8) is 0 Å². The van der Waals surface area contributed by atoms with Gasteiger partial charge in [0, 0.05) is 30.2 Å². The van der Waals surface area contributed by atoms with Gasteiger partial charge in [0.1, 0.15) is 17.5 Å². The minimum absolute atomic E-state index is 0.126. The number of nitrogens with zero attached hydrogens (tertiary/aromatic N) is 3. The first-order chi connectivity index (χ1) is 9.84. The van der Waals surface area contributed by atoms with Crippen LogP contribution < -0.4 is 10.6 Å². The van der Waals surface area contributed by atoms with E-state index in [1.54, 1.807) is 0 Å². The van der Waals surface area contributed by atoms with Gasteiger partial charge in [0.25, 0.3) is 0 Å². The number of aliphatic hydroxyl groups is 1. The number of hydrogen-bond donors (Lipinski definition) is 2. The van der Waals surface area contributed by atoms with Crippen molar-refractivity contribution in [1.82, 2.24) is 9.97 Å². The average molecular weight is 292 g/mol. The molecule has 1 heterocycles. The Morgan fingerprint density at radius 2 is 1.95 bits per heavy atom. The van der Waals surface area contributed by atoms with Gasteiger partial charge in [0.15, 0.2) is 0 Å². The van der Waals surface area contributed by atoms with Gasteiger partial charge in [-0.25, -0.2) is 9.97 Å². The van der Waals surface area contributed by atoms with Crippen LogP contribution in [-0.2, 0) is 5.41 Å². The molecule has 0 bridgehead atoms. The van der Waals surface area contributed by atoms with Crippen LogP contribution >= 0.6 is 0 Å². The van der Waals surface area contributed by atoms with Crippen LogP contribution in [0.15, 0.2) is 0 Å². The van der Waals surface area contributed by atoms with Gasteiger partial charge in [-0.05, 0) is 32.6 Å². The Kier molecular flexibility index (Phi) is 4.71. The minimum Gasteiger partial charge on any atom is -0.396 e. The largest absolute Gasteiger partial charge is 0.396 e. The molecule has 1 aliphatic rings. The molecular weight excluding hydrogens is 264 g/mol. The Morgan fingerprint density at radius 1 is 1.29 bits per heavy atom. The highest BCUT2D eigenvalue weighted by atomic mass is 16.3. The molecule has 0 aliphatic heterocycles. The van der Waals surface area contributed by atoms with Crippen molar-refractivity contribution in [2.45, 2.75) is 64.8 Å². The molecule has 1 aromatic rings. The van der Waals surface area contributed by atoms with Gasteiger partial charge in [0.2, 0.25) is 0 Å². The maximum absolute atomic E-state index is 9.16. The van der Waals surface area contributed by atoms with Crippen LogP contribution in [0.2, 0.25) is 0 Å². The predicted molar refractivity (Wildman–Crippen MR) is 86.6 cm³/mol. The summed E-state index contributed by atoms with van der Waals surface area (Å²) in [6.07, 6.45) is 4.41. The minimum atomic E-state index is -0.126. The lowest BCUT2D eigenvalue weighted by atomic mass is 9.91. The van der Waals surface area contributed by atoms with E-state index in [1.807, 2.05) is 6.92 Å². The van der Waals surface area contributed by atoms with E-state index >= 15 is 0 Å². The number of nitrogen functional groups attached to an aromatic ring is 1. The number of rotatable bonds is 5. The summed E-state index contributed by atoms with van der Waals surface area (Å²) in [6.45, 7) is 9.31. The van der Waals surface area contributed by atoms with Crippen LogP contribution in [0.4, 0.5) is 11.6 Å². The highest BCUT2D eigenvalue weighted by Gasteiger charge is 2.29. The number of hydrogen-bond acceptors (Lipinski definition) is 5. The molecule has 118 valence electrons. The molecule has 0 radical (unpaired) electrons. The first-order valence-electron chi connectivity index (χ1n) is 7.86. The van der Waals surface area contributed by atoms with Crippen LogP contribution in [0.1, 0.15) is 57.8 Å². The van der Waals surface area contributed by atoms with Gasteiger partial charge in [0.05, 0.1) is 0 Å². The van der Waals surface area contributed by atoms with E-state index in [0.717, 1.165) is 30.2 Å². The molecule has 0 saturated heterocycles. The van der Waals surface area contributed by atoms with Crippen molar-refractivity contribution < 1.29 is 5.11 Å². The Hall–Kier alpha value is -1.36. The van der Waals surface area contributed by atoms with Crippen molar-refractivity contribution >= 4 is 11.6 Å². The molecule has 21 heavy (non-hydrogen) atoms. The van der Waals surface area contributed by atoms with Gasteiger partial charge >= 0.3 is 0 Å². The maximum atomic E-state index is 9.16. The summed E-state index contributed by atoms with van der Waals surface area (Å²) < 4.78 is 0. The van der Waals surface area contributed by atoms with Crippen LogP contribution in [0, 0.1) is 6.92 Å². The fraction of sp³-hybridized carbons (Fsp3) is 0.750. The monoisotopic (exact) mass is 292 g/mol. The molecule has 0 aromatic carbocycles. The summed E-state index contributed by atoms with van der Waals surface area (Å²) in [6, 6.07) is 0.525. The van der Waals surface area contributed by atoms with Crippen molar-refractivity contribution in [3.8, 4) is 0 Å². The normalized spacial score (nSPS) is 15.9. The van der Waals surface area contributed by atoms with Gasteiger partial charge in [-0.1, -0.05) is 20.8 Å². The summed E-state index contributed by atoms with van der Waals surface area (Å²) in [5.41, 5.74) is 6.94. The van der Waals surface area contributed by atoms with E-state index in [0.29, 0.717) is 11.9 Å². The molecule has 5 heteroatoms. The van der Waals surface area contributed by atoms with E-state index in [-0.39, 0.29) is 12.0 Å². The number of anilines is 2. The maximum Gasteiger partial charge on any atom is 0.138 e. The van der Waals surface area contributed by atoms with E-state index in [2.05, 4.69) is 30.7 Å². The van der Waals surface area contributed by atoms with Gasteiger partial charge in [-0.3, -0.25) is 0 Å². The Balaban J connectivity index is 2.40. The molecule has 3 N–H and O–H groups in total. The molecule has 0 amide bonds. The summed E-state index contributed by atoms with van der Waals surface area (Å²) in [4.78, 5) is 11.6. The average Bonchev–Trinajstić information content (AvgIpc) is 2.34. The smallest absolute Gasteiger partial charge is 0.138 e. The number of aromatic nitrogens is 2. The lowest BCUT2D eigenvalue weighted by molar-refractivity contribution is 0.282. The SMILES string of the molecule is Cc1c(N)nc(C(C)(C)C)nc1N(CCCO)C1CCC1. The van der Waals surface area contributed by atoms with E-state index < -0.39 is 0 Å². The lowest BCUT2D eigenvalue weighted by Crippen LogP contribution is -2.42. The van der Waals surface area contributed by atoms with Crippen molar-refractivity contribution in [2.24, 2.45) is 0 Å². The molecule has 2 rings (SSSR count). The van der Waals surface area contributed by atoms with Crippen molar-refractivity contribution in [2.75, 3.05) is 23.8 Å². The number of aliphatic hydroxyl groups excluding tert-OH is 1. The first-order valence-corrected chi connectivity index (χ1v) is 7.86. The third kappa shape index (κ3) is 3.46. The molecule has 1 aromatic heterocycles. The fourth-order valence-corrected chi connectivity index (χ4v) is 2.54. The quantitative estimate of drug-likeness (QED) is 0.871. The standard InChI is InChI=1S/C16H28N4O/c1-11-13(17)18-15(16(2,3)4)19-14(11)20(9-6-10-21)12-7-5-8-12/h12,21H,5-10H2,1-4H3,(H2,17,18,19). The molecule has 0 atom stereocenters. The van der Waals surface area contributed by atoms with E-state index in [9.17, 15) is 0 Å². The highest BCUT2D eigenvalue weighted by molar-refractivity contribution is 5.57. The zero-order valence-corrected chi connectivity index (χ0v) is 13.7. The third-order valence-corrected chi connectivity index (χ3v) is 4.17. The Labute approximate surface area is 127 Å². The lowest BCUT2D eigenvalue weighted by Gasteiger charge is -2.39. The van der Waals surface area contributed by atoms with E-state index in [1.165, 1.54) is 19.3 Å². The zero-order chi connectivity index (χ0) is 15.6. The zero-order valence-electron chi connectivity index (χ0n) is 13.7. The second kappa shape index (κ2) is 6.18. The van der Waals surface area contributed by atoms with Crippen LogP contribution in [0.3, 0.4) is 0 Å². The molecule has 1 fully saturated rings. The molecule has 5 nitrogen and oxygen atoms in total. The van der Waals surface area contributed by atoms with Crippen LogP contribution in [-0.4, -0.2) is 34.3 Å².